The summed E-state index contributed by atoms with van der Waals surface area (Å²) >= 11 is 0. The number of likely N-dealkylation sites (tertiary alicyclic amines) is 1. The summed E-state index contributed by atoms with van der Waals surface area (Å²) in [6, 6.07) is 9.09. The van der Waals surface area contributed by atoms with Crippen molar-refractivity contribution in [2.24, 2.45) is 11.7 Å². The van der Waals surface area contributed by atoms with E-state index in [1.165, 1.54) is 0 Å². The Balaban J connectivity index is 1.64. The summed E-state index contributed by atoms with van der Waals surface area (Å²) in [4.78, 5) is 25.7. The summed E-state index contributed by atoms with van der Waals surface area (Å²) in [5.74, 6) is 0.527. The van der Waals surface area contributed by atoms with Gasteiger partial charge in [-0.1, -0.05) is 18.2 Å². The van der Waals surface area contributed by atoms with E-state index in [-0.39, 0.29) is 11.8 Å². The van der Waals surface area contributed by atoms with Gasteiger partial charge in [-0.05, 0) is 37.4 Å². The number of nitrogens with one attached hydrogen (secondary N) is 1. The largest absolute Gasteiger partial charge is 0.352 e. The monoisotopic (exact) mass is 289 g/mol. The van der Waals surface area contributed by atoms with Crippen molar-refractivity contribution in [3.05, 3.63) is 35.9 Å². The molecule has 0 saturated carbocycles. The van der Waals surface area contributed by atoms with Gasteiger partial charge >= 0.3 is 0 Å². The zero-order chi connectivity index (χ0) is 15.1. The lowest BCUT2D eigenvalue weighted by Crippen LogP contribution is -2.31. The highest BCUT2D eigenvalue weighted by Crippen LogP contribution is 2.15. The fraction of sp³-hybridized carbons (Fsp3) is 0.500. The van der Waals surface area contributed by atoms with E-state index in [9.17, 15) is 9.59 Å². The molecule has 0 radical (unpaired) electrons. The number of benzene rings is 1. The van der Waals surface area contributed by atoms with Gasteiger partial charge < -0.3 is 16.0 Å². The first-order chi connectivity index (χ1) is 10.2. The molecule has 1 heterocycles. The van der Waals surface area contributed by atoms with E-state index in [0.717, 1.165) is 19.5 Å². The third-order valence-corrected chi connectivity index (χ3v) is 3.86. The van der Waals surface area contributed by atoms with Crippen molar-refractivity contribution >= 4 is 11.8 Å². The number of nitrogens with zero attached hydrogens (tertiary/aromatic N) is 1. The fourth-order valence-corrected chi connectivity index (χ4v) is 2.54. The highest BCUT2D eigenvalue weighted by atomic mass is 16.2. The number of hydrogen-bond acceptors (Lipinski definition) is 3. The third kappa shape index (κ3) is 4.56. The van der Waals surface area contributed by atoms with Crippen LogP contribution in [0.3, 0.4) is 0 Å². The molecule has 0 aromatic heterocycles. The molecule has 2 rings (SSSR count). The highest BCUT2D eigenvalue weighted by Gasteiger charge is 2.24. The molecule has 3 N–H and O–H groups in total. The first kappa shape index (κ1) is 15.5. The minimum atomic E-state index is -0.0904. The quantitative estimate of drug-likeness (QED) is 0.767. The minimum absolute atomic E-state index is 0.0904. The van der Waals surface area contributed by atoms with Crippen molar-refractivity contribution in [2.75, 3.05) is 26.2 Å². The lowest BCUT2D eigenvalue weighted by molar-refractivity contribution is -0.130. The van der Waals surface area contributed by atoms with Gasteiger partial charge in [-0.3, -0.25) is 9.59 Å². The Morgan fingerprint density at radius 2 is 2.05 bits per heavy atom. The van der Waals surface area contributed by atoms with E-state index in [1.54, 1.807) is 12.1 Å². The van der Waals surface area contributed by atoms with Crippen LogP contribution in [0.2, 0.25) is 0 Å². The molecular formula is C16H23N3O2. The molecule has 0 spiro atoms. The molecule has 1 atom stereocenters. The van der Waals surface area contributed by atoms with Crippen molar-refractivity contribution < 1.29 is 9.59 Å². The molecule has 114 valence electrons. The van der Waals surface area contributed by atoms with Gasteiger partial charge in [0.25, 0.3) is 5.91 Å². The van der Waals surface area contributed by atoms with E-state index in [2.05, 4.69) is 5.32 Å². The number of nitrogens with two attached hydrogens (primary N) is 1. The maximum absolute atomic E-state index is 12.0. The Hall–Kier alpha value is -1.88. The molecule has 1 aliphatic rings. The molecule has 0 aliphatic carbocycles. The molecule has 21 heavy (non-hydrogen) atoms. The molecule has 1 aliphatic heterocycles. The Kier molecular flexibility index (Phi) is 5.75. The summed E-state index contributed by atoms with van der Waals surface area (Å²) < 4.78 is 0. The van der Waals surface area contributed by atoms with Crippen LogP contribution in [-0.4, -0.2) is 42.9 Å². The van der Waals surface area contributed by atoms with Crippen LogP contribution in [0, 0.1) is 5.92 Å². The molecule has 5 nitrogen and oxygen atoms in total. The second-order valence-electron chi connectivity index (χ2n) is 5.46. The van der Waals surface area contributed by atoms with Crippen LogP contribution in [0.1, 0.15) is 29.6 Å². The smallest absolute Gasteiger partial charge is 0.251 e. The SMILES string of the molecule is NCC1CCN(C(=O)CCCNC(=O)c2ccccc2)C1. The van der Waals surface area contributed by atoms with E-state index in [4.69, 9.17) is 5.73 Å². The normalized spacial score (nSPS) is 17.8. The van der Waals surface area contributed by atoms with Crippen molar-refractivity contribution in [3.8, 4) is 0 Å². The van der Waals surface area contributed by atoms with E-state index in [0.29, 0.717) is 37.4 Å². The zero-order valence-corrected chi connectivity index (χ0v) is 12.3. The summed E-state index contributed by atoms with van der Waals surface area (Å²) in [7, 11) is 0. The van der Waals surface area contributed by atoms with Crippen LogP contribution in [0.4, 0.5) is 0 Å². The fourth-order valence-electron chi connectivity index (χ4n) is 2.54. The lowest BCUT2D eigenvalue weighted by atomic mass is 10.1. The topological polar surface area (TPSA) is 75.4 Å². The summed E-state index contributed by atoms with van der Waals surface area (Å²) in [5.41, 5.74) is 6.27. The lowest BCUT2D eigenvalue weighted by Gasteiger charge is -2.16. The van der Waals surface area contributed by atoms with E-state index >= 15 is 0 Å². The van der Waals surface area contributed by atoms with Crippen LogP contribution in [0.15, 0.2) is 30.3 Å². The Labute approximate surface area is 125 Å². The second-order valence-corrected chi connectivity index (χ2v) is 5.46. The molecule has 1 aromatic carbocycles. The van der Waals surface area contributed by atoms with Crippen LogP contribution in [0.5, 0.6) is 0 Å². The predicted octanol–water partition coefficient (Wildman–Crippen LogP) is 1.00. The van der Waals surface area contributed by atoms with Crippen molar-refractivity contribution in [1.29, 1.82) is 0 Å². The Morgan fingerprint density at radius 3 is 2.71 bits per heavy atom. The van der Waals surface area contributed by atoms with Crippen molar-refractivity contribution in [1.82, 2.24) is 10.2 Å². The van der Waals surface area contributed by atoms with Gasteiger partial charge in [-0.25, -0.2) is 0 Å². The van der Waals surface area contributed by atoms with Gasteiger partial charge in [0, 0.05) is 31.6 Å². The average Bonchev–Trinajstić information content (AvgIpc) is 3.01. The predicted molar refractivity (Wildman–Crippen MR) is 81.8 cm³/mol. The zero-order valence-electron chi connectivity index (χ0n) is 12.3. The molecule has 0 bridgehead atoms. The number of hydrogen-bond donors (Lipinski definition) is 2. The summed E-state index contributed by atoms with van der Waals surface area (Å²) in [6.07, 6.45) is 2.15. The summed E-state index contributed by atoms with van der Waals surface area (Å²) in [6.45, 7) is 2.77. The minimum Gasteiger partial charge on any atom is -0.352 e. The average molecular weight is 289 g/mol. The molecule has 1 aromatic rings. The van der Waals surface area contributed by atoms with Crippen molar-refractivity contribution in [3.63, 3.8) is 0 Å². The Bertz CT molecular complexity index is 476. The van der Waals surface area contributed by atoms with E-state index < -0.39 is 0 Å². The number of carbonyl (C=O) groups is 2. The van der Waals surface area contributed by atoms with Crippen LogP contribution >= 0.6 is 0 Å². The first-order valence-electron chi connectivity index (χ1n) is 7.52. The van der Waals surface area contributed by atoms with Gasteiger partial charge in [0.1, 0.15) is 0 Å². The third-order valence-electron chi connectivity index (χ3n) is 3.86. The first-order valence-corrected chi connectivity index (χ1v) is 7.52. The summed E-state index contributed by atoms with van der Waals surface area (Å²) in [5, 5.41) is 2.84. The Morgan fingerprint density at radius 1 is 1.29 bits per heavy atom. The van der Waals surface area contributed by atoms with Crippen molar-refractivity contribution in [2.45, 2.75) is 19.3 Å². The molecular weight excluding hydrogens is 266 g/mol. The van der Waals surface area contributed by atoms with E-state index in [1.807, 2.05) is 23.1 Å². The van der Waals surface area contributed by atoms with Crippen LogP contribution in [0.25, 0.3) is 0 Å². The number of carbonyl (C=O) groups excluding carboxylic acids is 2. The molecule has 1 fully saturated rings. The maximum atomic E-state index is 12.0. The standard InChI is InChI=1S/C16H23N3O2/c17-11-13-8-10-19(12-13)15(20)7-4-9-18-16(21)14-5-2-1-3-6-14/h1-3,5-6,13H,4,7-12,17H2,(H,18,21). The van der Waals surface area contributed by atoms with Crippen LogP contribution in [-0.2, 0) is 4.79 Å². The van der Waals surface area contributed by atoms with Gasteiger partial charge in [0.2, 0.25) is 5.91 Å². The van der Waals surface area contributed by atoms with Gasteiger partial charge in [0.15, 0.2) is 0 Å². The molecule has 2 amide bonds. The number of amides is 2. The second kappa shape index (κ2) is 7.78. The molecule has 1 unspecified atom stereocenters. The van der Waals surface area contributed by atoms with Gasteiger partial charge in [0.05, 0.1) is 0 Å². The molecule has 1 saturated heterocycles. The maximum Gasteiger partial charge on any atom is 0.251 e. The van der Waals surface area contributed by atoms with Gasteiger partial charge in [-0.15, -0.1) is 0 Å². The molecule has 5 heteroatoms. The van der Waals surface area contributed by atoms with Gasteiger partial charge in [-0.2, -0.15) is 0 Å². The highest BCUT2D eigenvalue weighted by molar-refractivity contribution is 5.94. The van der Waals surface area contributed by atoms with Crippen LogP contribution < -0.4 is 11.1 Å². The number of rotatable bonds is 6.